The number of aryl methyl sites for hydroxylation is 1. The lowest BCUT2D eigenvalue weighted by Gasteiger charge is -2.28. The highest BCUT2D eigenvalue weighted by atomic mass is 35.5. The summed E-state index contributed by atoms with van der Waals surface area (Å²) in [6.07, 6.45) is 2.12. The van der Waals surface area contributed by atoms with Gasteiger partial charge in [-0.15, -0.1) is 0 Å². The molecule has 0 bridgehead atoms. The fourth-order valence-corrected chi connectivity index (χ4v) is 3.62. The minimum atomic E-state index is -0.661. The van der Waals surface area contributed by atoms with Crippen LogP contribution in [0.3, 0.4) is 0 Å². The molecule has 0 unspecified atom stereocenters. The van der Waals surface area contributed by atoms with Crippen LogP contribution in [-0.4, -0.2) is 46.6 Å². The van der Waals surface area contributed by atoms with Crippen molar-refractivity contribution in [3.05, 3.63) is 69.2 Å². The molecular formula is C21H20ClN3O4. The number of aromatic nitrogens is 2. The summed E-state index contributed by atoms with van der Waals surface area (Å²) in [5.41, 5.74) is 1.11. The van der Waals surface area contributed by atoms with Crippen molar-refractivity contribution >= 4 is 28.7 Å². The second-order valence-electron chi connectivity index (χ2n) is 6.84. The molecule has 0 aliphatic carbocycles. The fraction of sp³-hybridized carbons (Fsp3) is 0.286. The molecule has 150 valence electrons. The van der Waals surface area contributed by atoms with Gasteiger partial charge in [0.1, 0.15) is 5.65 Å². The van der Waals surface area contributed by atoms with E-state index in [1.165, 1.54) is 4.40 Å². The van der Waals surface area contributed by atoms with Crippen LogP contribution in [-0.2, 0) is 11.2 Å². The molecule has 2 aromatic heterocycles. The first kappa shape index (κ1) is 19.4. The number of rotatable bonds is 5. The van der Waals surface area contributed by atoms with E-state index < -0.39 is 17.1 Å². The molecule has 7 nitrogen and oxygen atoms in total. The molecule has 4 rings (SSSR count). The number of hydrogen-bond acceptors (Lipinski definition) is 6. The van der Waals surface area contributed by atoms with Crippen LogP contribution in [0, 0.1) is 0 Å². The summed E-state index contributed by atoms with van der Waals surface area (Å²) < 4.78 is 6.62. The summed E-state index contributed by atoms with van der Waals surface area (Å²) in [4.78, 5) is 31.6. The van der Waals surface area contributed by atoms with E-state index in [9.17, 15) is 14.7 Å². The third kappa shape index (κ3) is 3.97. The van der Waals surface area contributed by atoms with Gasteiger partial charge in [-0.1, -0.05) is 29.8 Å². The van der Waals surface area contributed by atoms with E-state index in [-0.39, 0.29) is 12.1 Å². The van der Waals surface area contributed by atoms with Crippen LogP contribution in [0.1, 0.15) is 22.5 Å². The molecule has 1 aliphatic heterocycles. The van der Waals surface area contributed by atoms with Crippen LogP contribution in [0.5, 0.6) is 5.75 Å². The Bertz CT molecular complexity index is 1120. The van der Waals surface area contributed by atoms with Gasteiger partial charge in [0.15, 0.2) is 11.5 Å². The molecular weight excluding hydrogens is 394 g/mol. The number of ketones is 1. The predicted molar refractivity (Wildman–Crippen MR) is 110 cm³/mol. The van der Waals surface area contributed by atoms with Crippen molar-refractivity contribution in [1.29, 1.82) is 0 Å². The van der Waals surface area contributed by atoms with Crippen molar-refractivity contribution in [2.24, 2.45) is 0 Å². The molecule has 1 N–H and O–H groups in total. The number of morpholine rings is 1. The summed E-state index contributed by atoms with van der Waals surface area (Å²) in [6, 6.07) is 10.8. The summed E-state index contributed by atoms with van der Waals surface area (Å²) in [7, 11) is 0. The largest absolute Gasteiger partial charge is 0.501 e. The lowest BCUT2D eigenvalue weighted by molar-refractivity contribution is 0.0975. The number of pyridine rings is 1. The average Bonchev–Trinajstić information content (AvgIpc) is 2.76. The number of anilines is 1. The first-order valence-corrected chi connectivity index (χ1v) is 9.77. The van der Waals surface area contributed by atoms with E-state index in [2.05, 4.69) is 9.88 Å². The Balaban J connectivity index is 1.61. The monoisotopic (exact) mass is 413 g/mol. The Morgan fingerprint density at radius 2 is 1.93 bits per heavy atom. The Kier molecular flexibility index (Phi) is 5.51. The molecule has 0 atom stereocenters. The smallest absolute Gasteiger partial charge is 0.300 e. The number of benzene rings is 1. The fourth-order valence-electron chi connectivity index (χ4n) is 3.39. The van der Waals surface area contributed by atoms with Gasteiger partial charge in [-0.25, -0.2) is 4.98 Å². The summed E-state index contributed by atoms with van der Waals surface area (Å²) in [6.45, 7) is 2.68. The molecule has 29 heavy (non-hydrogen) atoms. The highest BCUT2D eigenvalue weighted by Gasteiger charge is 2.20. The zero-order valence-corrected chi connectivity index (χ0v) is 16.4. The van der Waals surface area contributed by atoms with E-state index >= 15 is 0 Å². The van der Waals surface area contributed by atoms with Gasteiger partial charge in [0, 0.05) is 30.7 Å². The number of ether oxygens (including phenoxy) is 1. The minimum Gasteiger partial charge on any atom is -0.501 e. The zero-order valence-electron chi connectivity index (χ0n) is 15.7. The lowest BCUT2D eigenvalue weighted by Crippen LogP contribution is -2.36. The van der Waals surface area contributed by atoms with Gasteiger partial charge in [-0.3, -0.25) is 14.0 Å². The van der Waals surface area contributed by atoms with Crippen LogP contribution < -0.4 is 10.5 Å². The number of fused-ring (bicyclic) bond motifs is 1. The van der Waals surface area contributed by atoms with E-state index in [0.29, 0.717) is 30.3 Å². The minimum absolute atomic E-state index is 0.0891. The molecule has 0 amide bonds. The normalized spacial score (nSPS) is 14.3. The van der Waals surface area contributed by atoms with Crippen LogP contribution in [0.25, 0.3) is 5.65 Å². The quantitative estimate of drug-likeness (QED) is 0.647. The number of carbonyl (C=O) groups excluding carboxylic acids is 1. The SMILES string of the molecule is O=C(CCc1ccccc1Cl)c1nc2ccc(N3CCOCC3)cn2c(=O)c1O. The summed E-state index contributed by atoms with van der Waals surface area (Å²) >= 11 is 6.13. The lowest BCUT2D eigenvalue weighted by atomic mass is 10.1. The van der Waals surface area contributed by atoms with Crippen molar-refractivity contribution in [3.8, 4) is 5.75 Å². The number of nitrogens with zero attached hydrogens (tertiary/aromatic N) is 3. The Morgan fingerprint density at radius 1 is 1.17 bits per heavy atom. The molecule has 1 saturated heterocycles. The molecule has 1 aliphatic rings. The van der Waals surface area contributed by atoms with Crippen LogP contribution >= 0.6 is 11.6 Å². The standard InChI is InChI=1S/C21H20ClN3O4/c22-16-4-2-1-3-14(16)5-7-17(26)19-20(27)21(28)25-13-15(6-8-18(25)23-19)24-9-11-29-12-10-24/h1-4,6,8,13,27H,5,7,9-12H2. The zero-order chi connectivity index (χ0) is 20.4. The molecule has 0 radical (unpaired) electrons. The number of aromatic hydroxyl groups is 1. The molecule has 3 aromatic rings. The molecule has 0 saturated carbocycles. The van der Waals surface area contributed by atoms with Crippen molar-refractivity contribution < 1.29 is 14.6 Å². The molecule has 3 heterocycles. The van der Waals surface area contributed by atoms with E-state index in [0.717, 1.165) is 24.3 Å². The van der Waals surface area contributed by atoms with Gasteiger partial charge in [0.25, 0.3) is 0 Å². The first-order valence-electron chi connectivity index (χ1n) is 9.39. The average molecular weight is 414 g/mol. The summed E-state index contributed by atoms with van der Waals surface area (Å²) in [5.74, 6) is -1.04. The summed E-state index contributed by atoms with van der Waals surface area (Å²) in [5, 5.41) is 10.9. The van der Waals surface area contributed by atoms with Gasteiger partial charge in [0.2, 0.25) is 5.75 Å². The Morgan fingerprint density at radius 3 is 2.69 bits per heavy atom. The topological polar surface area (TPSA) is 84.1 Å². The number of halogens is 1. The maximum Gasteiger partial charge on any atom is 0.300 e. The van der Waals surface area contributed by atoms with Crippen LogP contribution in [0.15, 0.2) is 47.4 Å². The third-order valence-electron chi connectivity index (χ3n) is 5.00. The first-order chi connectivity index (χ1) is 14.0. The Labute approximate surface area is 172 Å². The van der Waals surface area contributed by atoms with E-state index in [1.54, 1.807) is 18.3 Å². The van der Waals surface area contributed by atoms with Gasteiger partial charge < -0.3 is 14.7 Å². The molecule has 0 spiro atoms. The van der Waals surface area contributed by atoms with Gasteiger partial charge in [-0.2, -0.15) is 0 Å². The highest BCUT2D eigenvalue weighted by Crippen LogP contribution is 2.21. The molecule has 1 aromatic carbocycles. The number of hydrogen-bond donors (Lipinski definition) is 1. The second-order valence-corrected chi connectivity index (χ2v) is 7.25. The van der Waals surface area contributed by atoms with Gasteiger partial charge in [-0.05, 0) is 30.2 Å². The van der Waals surface area contributed by atoms with Crippen LogP contribution in [0.4, 0.5) is 5.69 Å². The van der Waals surface area contributed by atoms with Crippen molar-refractivity contribution in [1.82, 2.24) is 9.38 Å². The van der Waals surface area contributed by atoms with Gasteiger partial charge in [0.05, 0.1) is 18.9 Å². The Hall–Kier alpha value is -2.90. The van der Waals surface area contributed by atoms with Gasteiger partial charge >= 0.3 is 5.56 Å². The maximum absolute atomic E-state index is 12.7. The van der Waals surface area contributed by atoms with Crippen molar-refractivity contribution in [2.75, 3.05) is 31.2 Å². The van der Waals surface area contributed by atoms with Crippen molar-refractivity contribution in [2.45, 2.75) is 12.8 Å². The van der Waals surface area contributed by atoms with E-state index in [4.69, 9.17) is 16.3 Å². The number of carbonyl (C=O) groups is 1. The molecule has 8 heteroatoms. The maximum atomic E-state index is 12.7. The molecule has 1 fully saturated rings. The van der Waals surface area contributed by atoms with E-state index in [1.807, 2.05) is 24.3 Å². The third-order valence-corrected chi connectivity index (χ3v) is 5.37. The highest BCUT2D eigenvalue weighted by molar-refractivity contribution is 6.31. The second kappa shape index (κ2) is 8.23. The predicted octanol–water partition coefficient (Wildman–Crippen LogP) is 2.71. The van der Waals surface area contributed by atoms with Crippen LogP contribution in [0.2, 0.25) is 5.02 Å². The number of Topliss-reactive ketones (excluding diaryl/α,β-unsaturated/α-hetero) is 1. The van der Waals surface area contributed by atoms with Crippen molar-refractivity contribution in [3.63, 3.8) is 0 Å².